The molecule has 0 aromatic heterocycles. The summed E-state index contributed by atoms with van der Waals surface area (Å²) in [6.07, 6.45) is 0. The molecule has 0 spiro atoms. The highest BCUT2D eigenvalue weighted by Gasteiger charge is 2.27. The van der Waals surface area contributed by atoms with E-state index in [-0.39, 0.29) is 34.6 Å². The first-order valence-electron chi connectivity index (χ1n) is 9.15. The molecule has 2 aromatic rings. The van der Waals surface area contributed by atoms with Gasteiger partial charge in [-0.15, -0.1) is 0 Å². The van der Waals surface area contributed by atoms with Crippen LogP contribution < -0.4 is 10.1 Å². The molecule has 7 nitrogen and oxygen atoms in total. The lowest BCUT2D eigenvalue weighted by molar-refractivity contribution is 0.0730. The van der Waals surface area contributed by atoms with Gasteiger partial charge in [-0.05, 0) is 42.8 Å². The molecule has 3 rings (SSSR count). The molecule has 156 valence electrons. The predicted molar refractivity (Wildman–Crippen MR) is 110 cm³/mol. The third kappa shape index (κ3) is 4.90. The molecule has 1 amide bonds. The molecule has 1 fully saturated rings. The first-order chi connectivity index (χ1) is 13.8. The van der Waals surface area contributed by atoms with Crippen LogP contribution in [0.3, 0.4) is 0 Å². The summed E-state index contributed by atoms with van der Waals surface area (Å²) < 4.78 is 37.4. The molecular formula is C20H23ClN2O5S. The van der Waals surface area contributed by atoms with Gasteiger partial charge >= 0.3 is 0 Å². The van der Waals surface area contributed by atoms with Gasteiger partial charge in [0.15, 0.2) is 0 Å². The van der Waals surface area contributed by atoms with Gasteiger partial charge in [0.05, 0.1) is 41.8 Å². The van der Waals surface area contributed by atoms with E-state index in [0.29, 0.717) is 13.2 Å². The van der Waals surface area contributed by atoms with Crippen molar-refractivity contribution in [2.45, 2.75) is 17.9 Å². The molecule has 29 heavy (non-hydrogen) atoms. The molecule has 2 aromatic carbocycles. The van der Waals surface area contributed by atoms with E-state index in [1.54, 1.807) is 19.2 Å². The Kier molecular flexibility index (Phi) is 6.79. The third-order valence-corrected chi connectivity index (χ3v) is 6.98. The van der Waals surface area contributed by atoms with Crippen LogP contribution >= 0.6 is 11.6 Å². The second kappa shape index (κ2) is 9.13. The SMILES string of the molecule is COc1ccc([C@H](C)NC(=O)c2cc(S(=O)(=O)N3CCOCC3)ccc2Cl)cc1. The number of halogens is 1. The van der Waals surface area contributed by atoms with E-state index in [0.717, 1.165) is 11.3 Å². The Bertz CT molecular complexity index is 973. The number of nitrogens with one attached hydrogen (secondary N) is 1. The number of methoxy groups -OCH3 is 1. The van der Waals surface area contributed by atoms with Crippen molar-refractivity contribution in [1.29, 1.82) is 0 Å². The molecule has 1 saturated heterocycles. The van der Waals surface area contributed by atoms with Gasteiger partial charge in [-0.2, -0.15) is 4.31 Å². The quantitative estimate of drug-likeness (QED) is 0.749. The van der Waals surface area contributed by atoms with Crippen molar-refractivity contribution in [3.63, 3.8) is 0 Å². The summed E-state index contributed by atoms with van der Waals surface area (Å²) >= 11 is 6.19. The highest BCUT2D eigenvalue weighted by Crippen LogP contribution is 2.25. The minimum atomic E-state index is -3.72. The number of ether oxygens (including phenoxy) is 2. The molecule has 1 heterocycles. The fraction of sp³-hybridized carbons (Fsp3) is 0.350. The number of benzene rings is 2. The Morgan fingerprint density at radius 2 is 1.83 bits per heavy atom. The highest BCUT2D eigenvalue weighted by molar-refractivity contribution is 7.89. The topological polar surface area (TPSA) is 84.9 Å². The van der Waals surface area contributed by atoms with Crippen LogP contribution in [0.25, 0.3) is 0 Å². The van der Waals surface area contributed by atoms with E-state index in [2.05, 4.69) is 5.32 Å². The Morgan fingerprint density at radius 1 is 1.17 bits per heavy atom. The number of nitrogens with zero attached hydrogens (tertiary/aromatic N) is 1. The zero-order chi connectivity index (χ0) is 21.0. The summed E-state index contributed by atoms with van der Waals surface area (Å²) in [6, 6.07) is 11.2. The maximum absolute atomic E-state index is 12.9. The summed E-state index contributed by atoms with van der Waals surface area (Å²) in [7, 11) is -2.14. The summed E-state index contributed by atoms with van der Waals surface area (Å²) in [5, 5.41) is 3.04. The van der Waals surface area contributed by atoms with Crippen molar-refractivity contribution < 1.29 is 22.7 Å². The van der Waals surface area contributed by atoms with E-state index in [1.807, 2.05) is 19.1 Å². The highest BCUT2D eigenvalue weighted by atomic mass is 35.5. The predicted octanol–water partition coefficient (Wildman–Crippen LogP) is 2.86. The smallest absolute Gasteiger partial charge is 0.253 e. The number of morpholine rings is 1. The summed E-state index contributed by atoms with van der Waals surface area (Å²) in [5.41, 5.74) is 0.994. The molecular weight excluding hydrogens is 416 g/mol. The number of amides is 1. The lowest BCUT2D eigenvalue weighted by Crippen LogP contribution is -2.40. The summed E-state index contributed by atoms with van der Waals surface area (Å²) in [6.45, 7) is 3.09. The summed E-state index contributed by atoms with van der Waals surface area (Å²) in [5.74, 6) is 0.272. The van der Waals surface area contributed by atoms with Crippen LogP contribution in [0, 0.1) is 0 Å². The van der Waals surface area contributed by atoms with Gasteiger partial charge in [0, 0.05) is 13.1 Å². The van der Waals surface area contributed by atoms with Crippen LogP contribution in [-0.4, -0.2) is 52.0 Å². The Balaban J connectivity index is 1.80. The normalized spacial score (nSPS) is 16.2. The van der Waals surface area contributed by atoms with Gasteiger partial charge in [0.2, 0.25) is 10.0 Å². The van der Waals surface area contributed by atoms with Gasteiger partial charge < -0.3 is 14.8 Å². The number of hydrogen-bond donors (Lipinski definition) is 1. The lowest BCUT2D eigenvalue weighted by atomic mass is 10.1. The number of carbonyl (C=O) groups excluding carboxylic acids is 1. The molecule has 1 atom stereocenters. The first kappa shape index (κ1) is 21.6. The maximum atomic E-state index is 12.9. The van der Waals surface area contributed by atoms with Crippen LogP contribution in [0.5, 0.6) is 5.75 Å². The van der Waals surface area contributed by atoms with Gasteiger partial charge in [-0.25, -0.2) is 8.42 Å². The van der Waals surface area contributed by atoms with Crippen molar-refractivity contribution >= 4 is 27.5 Å². The Labute approximate surface area is 175 Å². The standard InChI is InChI=1S/C20H23ClN2O5S/c1-14(15-3-5-16(27-2)6-4-15)22-20(24)18-13-17(7-8-19(18)21)29(25,26)23-9-11-28-12-10-23/h3-8,13-14H,9-12H2,1-2H3,(H,22,24)/t14-/m0/s1. The molecule has 9 heteroatoms. The molecule has 0 bridgehead atoms. The molecule has 0 radical (unpaired) electrons. The largest absolute Gasteiger partial charge is 0.497 e. The van der Waals surface area contributed by atoms with Crippen molar-refractivity contribution in [3.05, 3.63) is 58.6 Å². The number of sulfonamides is 1. The van der Waals surface area contributed by atoms with E-state index in [4.69, 9.17) is 21.1 Å². The van der Waals surface area contributed by atoms with Gasteiger partial charge in [-0.3, -0.25) is 4.79 Å². The molecule has 1 aliphatic rings. The van der Waals surface area contributed by atoms with Crippen LogP contribution in [0.4, 0.5) is 0 Å². The minimum Gasteiger partial charge on any atom is -0.497 e. The zero-order valence-electron chi connectivity index (χ0n) is 16.2. The average Bonchev–Trinajstić information content (AvgIpc) is 2.74. The van der Waals surface area contributed by atoms with Crippen molar-refractivity contribution in [1.82, 2.24) is 9.62 Å². The molecule has 1 N–H and O–H groups in total. The fourth-order valence-electron chi connectivity index (χ4n) is 3.03. The third-order valence-electron chi connectivity index (χ3n) is 4.75. The van der Waals surface area contributed by atoms with E-state index >= 15 is 0 Å². The number of carbonyl (C=O) groups is 1. The van der Waals surface area contributed by atoms with Crippen LogP contribution in [0.15, 0.2) is 47.4 Å². The van der Waals surface area contributed by atoms with E-state index in [9.17, 15) is 13.2 Å². The molecule has 0 aliphatic carbocycles. The maximum Gasteiger partial charge on any atom is 0.253 e. The Hall–Kier alpha value is -2.13. The first-order valence-corrected chi connectivity index (χ1v) is 11.0. The zero-order valence-corrected chi connectivity index (χ0v) is 17.8. The number of hydrogen-bond acceptors (Lipinski definition) is 5. The van der Waals surface area contributed by atoms with Crippen molar-refractivity contribution in [3.8, 4) is 5.75 Å². The van der Waals surface area contributed by atoms with Crippen LogP contribution in [0.1, 0.15) is 28.9 Å². The molecule has 1 aliphatic heterocycles. The van der Waals surface area contributed by atoms with Crippen LogP contribution in [0.2, 0.25) is 5.02 Å². The monoisotopic (exact) mass is 438 g/mol. The van der Waals surface area contributed by atoms with Gasteiger partial charge in [0.1, 0.15) is 5.75 Å². The van der Waals surface area contributed by atoms with Gasteiger partial charge in [0.25, 0.3) is 5.91 Å². The van der Waals surface area contributed by atoms with Crippen molar-refractivity contribution in [2.24, 2.45) is 0 Å². The average molecular weight is 439 g/mol. The molecule has 0 saturated carbocycles. The fourth-order valence-corrected chi connectivity index (χ4v) is 4.66. The summed E-state index contributed by atoms with van der Waals surface area (Å²) in [4.78, 5) is 12.8. The minimum absolute atomic E-state index is 0.0334. The van der Waals surface area contributed by atoms with E-state index in [1.165, 1.54) is 22.5 Å². The molecule has 0 unspecified atom stereocenters. The second-order valence-electron chi connectivity index (χ2n) is 6.63. The second-order valence-corrected chi connectivity index (χ2v) is 8.97. The van der Waals surface area contributed by atoms with Crippen molar-refractivity contribution in [2.75, 3.05) is 33.4 Å². The lowest BCUT2D eigenvalue weighted by Gasteiger charge is -2.26. The number of rotatable bonds is 6. The Morgan fingerprint density at radius 3 is 2.45 bits per heavy atom. The van der Waals surface area contributed by atoms with E-state index < -0.39 is 15.9 Å². The van der Waals surface area contributed by atoms with Crippen LogP contribution in [-0.2, 0) is 14.8 Å². The van der Waals surface area contributed by atoms with Gasteiger partial charge in [-0.1, -0.05) is 23.7 Å².